The van der Waals surface area contributed by atoms with Gasteiger partial charge in [0.1, 0.15) is 0 Å². The van der Waals surface area contributed by atoms with Crippen LogP contribution in [0, 0.1) is 17.3 Å². The molecule has 2 saturated carbocycles. The zero-order valence-corrected chi connectivity index (χ0v) is 12.1. The van der Waals surface area contributed by atoms with Crippen LogP contribution in [0.3, 0.4) is 0 Å². The molecule has 100 valence electrons. The van der Waals surface area contributed by atoms with E-state index in [0.29, 0.717) is 23.4 Å². The Kier molecular flexibility index (Phi) is 3.84. The molecule has 0 heterocycles. The lowest BCUT2D eigenvalue weighted by Gasteiger charge is -2.33. The third-order valence-corrected chi connectivity index (χ3v) is 4.96. The van der Waals surface area contributed by atoms with Crippen molar-refractivity contribution < 1.29 is 0 Å². The van der Waals surface area contributed by atoms with E-state index in [2.05, 4.69) is 32.6 Å². The lowest BCUT2D eigenvalue weighted by Crippen LogP contribution is -2.44. The zero-order valence-electron chi connectivity index (χ0n) is 12.1. The van der Waals surface area contributed by atoms with Gasteiger partial charge in [0.25, 0.3) is 0 Å². The highest BCUT2D eigenvalue weighted by Gasteiger charge is 2.40. The van der Waals surface area contributed by atoms with Gasteiger partial charge in [-0.15, -0.1) is 0 Å². The van der Waals surface area contributed by atoms with Gasteiger partial charge in [0.2, 0.25) is 0 Å². The Morgan fingerprint density at radius 3 is 2.24 bits per heavy atom. The first-order chi connectivity index (χ1) is 7.90. The highest BCUT2D eigenvalue weighted by Crippen LogP contribution is 2.41. The summed E-state index contributed by atoms with van der Waals surface area (Å²) in [5.41, 5.74) is 6.78. The van der Waals surface area contributed by atoms with Gasteiger partial charge in [-0.1, -0.05) is 13.8 Å². The van der Waals surface area contributed by atoms with E-state index >= 15 is 0 Å². The van der Waals surface area contributed by atoms with Gasteiger partial charge in [-0.3, -0.25) is 0 Å². The van der Waals surface area contributed by atoms with Crippen molar-refractivity contribution in [3.8, 4) is 0 Å². The number of nitrogens with two attached hydrogens (primary N) is 1. The average Bonchev–Trinajstić information content (AvgIpc) is 3.00. The van der Waals surface area contributed by atoms with Crippen molar-refractivity contribution in [2.75, 3.05) is 13.1 Å². The molecule has 0 aliphatic heterocycles. The molecule has 2 fully saturated rings. The number of rotatable bonds is 5. The molecule has 2 atom stereocenters. The predicted molar refractivity (Wildman–Crippen MR) is 73.9 cm³/mol. The molecular formula is C15H30N2. The Labute approximate surface area is 107 Å². The van der Waals surface area contributed by atoms with E-state index in [1.807, 2.05) is 0 Å². The summed E-state index contributed by atoms with van der Waals surface area (Å²) < 4.78 is 0. The van der Waals surface area contributed by atoms with E-state index in [0.717, 1.165) is 5.92 Å². The van der Waals surface area contributed by atoms with E-state index in [1.54, 1.807) is 0 Å². The molecule has 2 aliphatic rings. The van der Waals surface area contributed by atoms with E-state index in [4.69, 9.17) is 5.73 Å². The molecule has 0 aromatic carbocycles. The van der Waals surface area contributed by atoms with Crippen LogP contribution >= 0.6 is 0 Å². The van der Waals surface area contributed by atoms with Gasteiger partial charge in [0.05, 0.1) is 0 Å². The fraction of sp³-hybridized carbons (Fsp3) is 1.00. The van der Waals surface area contributed by atoms with Crippen LogP contribution < -0.4 is 5.73 Å². The Hall–Kier alpha value is -0.0800. The lowest BCUT2D eigenvalue weighted by atomic mass is 9.85. The first-order valence-corrected chi connectivity index (χ1v) is 7.40. The van der Waals surface area contributed by atoms with E-state index in [-0.39, 0.29) is 0 Å². The lowest BCUT2D eigenvalue weighted by molar-refractivity contribution is 0.164. The van der Waals surface area contributed by atoms with Crippen molar-refractivity contribution >= 4 is 0 Å². The molecule has 2 aliphatic carbocycles. The molecule has 2 rings (SSSR count). The zero-order chi connectivity index (χ0) is 12.6. The molecule has 2 heteroatoms. The quantitative estimate of drug-likeness (QED) is 0.798. The van der Waals surface area contributed by atoms with Crippen molar-refractivity contribution in [2.24, 2.45) is 23.0 Å². The average molecular weight is 238 g/mol. The predicted octanol–water partition coefficient (Wildman–Crippen LogP) is 2.87. The van der Waals surface area contributed by atoms with Gasteiger partial charge in [0, 0.05) is 25.2 Å². The van der Waals surface area contributed by atoms with Crippen LogP contribution in [0.1, 0.15) is 53.4 Å². The molecule has 0 amide bonds. The summed E-state index contributed by atoms with van der Waals surface area (Å²) in [4.78, 5) is 2.67. The monoisotopic (exact) mass is 238 g/mol. The van der Waals surface area contributed by atoms with Gasteiger partial charge >= 0.3 is 0 Å². The maximum Gasteiger partial charge on any atom is 0.0131 e. The van der Waals surface area contributed by atoms with Crippen LogP contribution in [-0.2, 0) is 0 Å². The topological polar surface area (TPSA) is 29.3 Å². The second-order valence-electron chi connectivity index (χ2n) is 7.30. The minimum atomic E-state index is 0.354. The third kappa shape index (κ3) is 3.23. The minimum absolute atomic E-state index is 0.354. The van der Waals surface area contributed by atoms with Crippen LogP contribution in [0.2, 0.25) is 0 Å². The van der Waals surface area contributed by atoms with Crippen LogP contribution in [0.25, 0.3) is 0 Å². The number of hydrogen-bond donors (Lipinski definition) is 1. The van der Waals surface area contributed by atoms with Gasteiger partial charge < -0.3 is 10.6 Å². The van der Waals surface area contributed by atoms with Gasteiger partial charge in [0.15, 0.2) is 0 Å². The molecule has 2 N–H and O–H groups in total. The Morgan fingerprint density at radius 1 is 1.18 bits per heavy atom. The maximum atomic E-state index is 6.42. The largest absolute Gasteiger partial charge is 0.327 e. The molecule has 2 nitrogen and oxygen atoms in total. The van der Waals surface area contributed by atoms with Crippen molar-refractivity contribution in [1.29, 1.82) is 0 Å². The minimum Gasteiger partial charge on any atom is -0.327 e. The number of hydrogen-bond acceptors (Lipinski definition) is 2. The molecule has 0 saturated heterocycles. The summed E-state index contributed by atoms with van der Waals surface area (Å²) in [5, 5.41) is 0. The van der Waals surface area contributed by atoms with E-state index in [1.165, 1.54) is 38.8 Å². The van der Waals surface area contributed by atoms with Crippen molar-refractivity contribution in [3.05, 3.63) is 0 Å². The summed E-state index contributed by atoms with van der Waals surface area (Å²) in [5.74, 6) is 1.70. The van der Waals surface area contributed by atoms with Crippen LogP contribution in [0.5, 0.6) is 0 Å². The van der Waals surface area contributed by atoms with Crippen LogP contribution in [-0.4, -0.2) is 30.1 Å². The van der Waals surface area contributed by atoms with E-state index in [9.17, 15) is 0 Å². The van der Waals surface area contributed by atoms with Gasteiger partial charge in [-0.25, -0.2) is 0 Å². The highest BCUT2D eigenvalue weighted by atomic mass is 15.2. The Morgan fingerprint density at radius 2 is 1.82 bits per heavy atom. The summed E-state index contributed by atoms with van der Waals surface area (Å²) in [7, 11) is 0. The molecule has 2 unspecified atom stereocenters. The molecule has 0 aromatic heterocycles. The molecule has 17 heavy (non-hydrogen) atoms. The van der Waals surface area contributed by atoms with Gasteiger partial charge in [-0.05, 0) is 56.8 Å². The highest BCUT2D eigenvalue weighted by molar-refractivity contribution is 4.95. The molecule has 0 spiro atoms. The first-order valence-electron chi connectivity index (χ1n) is 7.40. The standard InChI is InChI=1S/C15H30N2/c1-11(2)17(9-12-5-6-12)10-13-7-8-15(3,4)14(13)16/h11-14H,5-10,16H2,1-4H3. The van der Waals surface area contributed by atoms with E-state index < -0.39 is 0 Å². The maximum absolute atomic E-state index is 6.42. The normalized spacial score (nSPS) is 32.6. The summed E-state index contributed by atoms with van der Waals surface area (Å²) >= 11 is 0. The summed E-state index contributed by atoms with van der Waals surface area (Å²) in [6, 6.07) is 1.06. The third-order valence-electron chi connectivity index (χ3n) is 4.96. The summed E-state index contributed by atoms with van der Waals surface area (Å²) in [6.45, 7) is 11.8. The Balaban J connectivity index is 1.89. The Bertz CT molecular complexity index is 256. The van der Waals surface area contributed by atoms with Crippen LogP contribution in [0.4, 0.5) is 0 Å². The second-order valence-corrected chi connectivity index (χ2v) is 7.30. The molecule has 0 radical (unpaired) electrons. The number of nitrogens with zero attached hydrogens (tertiary/aromatic N) is 1. The molecule has 0 bridgehead atoms. The fourth-order valence-electron chi connectivity index (χ4n) is 3.18. The van der Waals surface area contributed by atoms with Crippen LogP contribution in [0.15, 0.2) is 0 Å². The SMILES string of the molecule is CC(C)N(CC1CC1)CC1CCC(C)(C)C1N. The van der Waals surface area contributed by atoms with Crippen molar-refractivity contribution in [1.82, 2.24) is 4.90 Å². The smallest absolute Gasteiger partial charge is 0.0131 e. The molecule has 0 aromatic rings. The summed E-state index contributed by atoms with van der Waals surface area (Å²) in [6.07, 6.45) is 5.52. The van der Waals surface area contributed by atoms with Gasteiger partial charge in [-0.2, -0.15) is 0 Å². The first kappa shape index (κ1) is 13.4. The second kappa shape index (κ2) is 4.89. The van der Waals surface area contributed by atoms with Crippen molar-refractivity contribution in [3.63, 3.8) is 0 Å². The molecular weight excluding hydrogens is 208 g/mol. The fourth-order valence-corrected chi connectivity index (χ4v) is 3.18. The van der Waals surface area contributed by atoms with Crippen molar-refractivity contribution in [2.45, 2.75) is 65.5 Å².